The molecule has 1 aliphatic rings. The van der Waals surface area contributed by atoms with Gasteiger partial charge in [-0.3, -0.25) is 4.90 Å². The highest BCUT2D eigenvalue weighted by Gasteiger charge is 2.35. The third kappa shape index (κ3) is 5.03. The van der Waals surface area contributed by atoms with E-state index in [1.165, 1.54) is 4.90 Å². The van der Waals surface area contributed by atoms with Crippen molar-refractivity contribution in [2.24, 2.45) is 0 Å². The second kappa shape index (κ2) is 9.12. The second-order valence-electron chi connectivity index (χ2n) is 6.49. The minimum Gasteiger partial charge on any atom is -0.489 e. The number of likely N-dealkylation sites (tertiary alicyclic amines) is 1. The highest BCUT2D eigenvalue weighted by atomic mass is 16.5. The second-order valence-corrected chi connectivity index (χ2v) is 6.49. The van der Waals surface area contributed by atoms with Crippen LogP contribution in [-0.4, -0.2) is 41.4 Å². The van der Waals surface area contributed by atoms with Crippen LogP contribution in [0.3, 0.4) is 0 Å². The Hall–Kier alpha value is -2.95. The van der Waals surface area contributed by atoms with E-state index in [4.69, 9.17) is 9.47 Å². The summed E-state index contributed by atoms with van der Waals surface area (Å²) in [5, 5.41) is 9.48. The Bertz CT molecular complexity index is 775. The van der Waals surface area contributed by atoms with Crippen LogP contribution in [0.4, 0.5) is 4.79 Å². The lowest BCUT2D eigenvalue weighted by atomic mass is 10.1. The van der Waals surface area contributed by atoms with E-state index in [0.717, 1.165) is 23.5 Å². The first-order valence-corrected chi connectivity index (χ1v) is 9.26. The lowest BCUT2D eigenvalue weighted by Gasteiger charge is -2.17. The van der Waals surface area contributed by atoms with E-state index in [-0.39, 0.29) is 12.1 Å². The molecular weight excluding hydrogens is 342 g/mol. The zero-order chi connectivity index (χ0) is 19.1. The summed E-state index contributed by atoms with van der Waals surface area (Å²) in [7, 11) is 0. The predicted octanol–water partition coefficient (Wildman–Crippen LogP) is 4.38. The summed E-state index contributed by atoms with van der Waals surface area (Å²) >= 11 is 0. The van der Waals surface area contributed by atoms with E-state index >= 15 is 0 Å². The van der Waals surface area contributed by atoms with Gasteiger partial charge >= 0.3 is 6.09 Å². The molecule has 27 heavy (non-hydrogen) atoms. The fourth-order valence-corrected chi connectivity index (χ4v) is 3.29. The van der Waals surface area contributed by atoms with Gasteiger partial charge in [-0.15, -0.1) is 0 Å². The molecule has 1 heterocycles. The van der Waals surface area contributed by atoms with Gasteiger partial charge in [0.15, 0.2) is 0 Å². The van der Waals surface area contributed by atoms with Crippen molar-refractivity contribution in [1.29, 1.82) is 0 Å². The minimum atomic E-state index is -0.930. The summed E-state index contributed by atoms with van der Waals surface area (Å²) in [6.45, 7) is 2.86. The Balaban J connectivity index is 1.57. The van der Waals surface area contributed by atoms with E-state index < -0.39 is 6.09 Å². The quantitative estimate of drug-likeness (QED) is 0.738. The standard InChI is InChI=1S/C22H25NO4/c1-2-17-9-6-7-13-21(17)26-14-8-10-18-15-20(16-23(18)22(24)25)27-19-11-4-3-5-12-19/h3-13,18,20H,2,14-16H2,1H3,(H,24,25)/t18-,20+/m1/s1. The maximum absolute atomic E-state index is 11.6. The molecule has 1 N–H and O–H groups in total. The van der Waals surface area contributed by atoms with Crippen molar-refractivity contribution < 1.29 is 19.4 Å². The van der Waals surface area contributed by atoms with E-state index in [9.17, 15) is 9.90 Å². The third-order valence-electron chi connectivity index (χ3n) is 4.64. The van der Waals surface area contributed by atoms with Gasteiger partial charge in [0.05, 0.1) is 12.6 Å². The molecule has 5 nitrogen and oxygen atoms in total. The molecular formula is C22H25NO4. The number of rotatable bonds is 7. The number of hydrogen-bond acceptors (Lipinski definition) is 3. The monoisotopic (exact) mass is 367 g/mol. The first-order chi connectivity index (χ1) is 13.2. The number of amides is 1. The number of benzene rings is 2. The van der Waals surface area contributed by atoms with Gasteiger partial charge in [-0.1, -0.05) is 49.4 Å². The van der Waals surface area contributed by atoms with Crippen molar-refractivity contribution in [2.45, 2.75) is 31.9 Å². The molecule has 0 bridgehead atoms. The molecule has 2 aromatic carbocycles. The average molecular weight is 367 g/mol. The summed E-state index contributed by atoms with van der Waals surface area (Å²) < 4.78 is 11.7. The van der Waals surface area contributed by atoms with Crippen molar-refractivity contribution in [1.82, 2.24) is 4.90 Å². The molecule has 2 aromatic rings. The Kier molecular flexibility index (Phi) is 6.36. The number of ether oxygens (including phenoxy) is 2. The van der Waals surface area contributed by atoms with Gasteiger partial charge in [-0.25, -0.2) is 4.79 Å². The topological polar surface area (TPSA) is 59.0 Å². The summed E-state index contributed by atoms with van der Waals surface area (Å²) in [4.78, 5) is 13.0. The zero-order valence-corrected chi connectivity index (χ0v) is 15.5. The van der Waals surface area contributed by atoms with Gasteiger partial charge in [0.1, 0.15) is 24.2 Å². The van der Waals surface area contributed by atoms with Crippen LogP contribution in [0, 0.1) is 0 Å². The molecule has 0 aromatic heterocycles. The van der Waals surface area contributed by atoms with Crippen LogP contribution in [0.25, 0.3) is 0 Å². The molecule has 0 spiro atoms. The van der Waals surface area contributed by atoms with E-state index in [2.05, 4.69) is 6.92 Å². The molecule has 0 unspecified atom stereocenters. The summed E-state index contributed by atoms with van der Waals surface area (Å²) in [5.41, 5.74) is 1.16. The summed E-state index contributed by atoms with van der Waals surface area (Å²) in [6.07, 6.45) is 4.24. The normalized spacial score (nSPS) is 19.4. The fraction of sp³-hybridized carbons (Fsp3) is 0.318. The molecule has 1 amide bonds. The average Bonchev–Trinajstić information content (AvgIpc) is 3.09. The molecule has 0 radical (unpaired) electrons. The Morgan fingerprint density at radius 3 is 2.67 bits per heavy atom. The van der Waals surface area contributed by atoms with Crippen molar-refractivity contribution in [3.63, 3.8) is 0 Å². The van der Waals surface area contributed by atoms with Gasteiger partial charge in [-0.05, 0) is 36.3 Å². The lowest BCUT2D eigenvalue weighted by Crippen LogP contribution is -2.34. The van der Waals surface area contributed by atoms with E-state index in [1.54, 1.807) is 0 Å². The number of nitrogens with zero attached hydrogens (tertiary/aromatic N) is 1. The molecule has 5 heteroatoms. The van der Waals surface area contributed by atoms with Gasteiger partial charge in [0.2, 0.25) is 0 Å². The minimum absolute atomic E-state index is 0.153. The number of carboxylic acid groups (broad SMARTS) is 1. The van der Waals surface area contributed by atoms with Crippen LogP contribution in [0.5, 0.6) is 11.5 Å². The van der Waals surface area contributed by atoms with Crippen LogP contribution in [0.2, 0.25) is 0 Å². The van der Waals surface area contributed by atoms with Crippen molar-refractivity contribution in [2.75, 3.05) is 13.2 Å². The van der Waals surface area contributed by atoms with E-state index in [0.29, 0.717) is 19.6 Å². The first-order valence-electron chi connectivity index (χ1n) is 9.26. The summed E-state index contributed by atoms with van der Waals surface area (Å²) in [5.74, 6) is 1.63. The first kappa shape index (κ1) is 18.8. The fourth-order valence-electron chi connectivity index (χ4n) is 3.29. The van der Waals surface area contributed by atoms with Gasteiger partial charge in [-0.2, -0.15) is 0 Å². The molecule has 2 atom stereocenters. The molecule has 142 valence electrons. The van der Waals surface area contributed by atoms with E-state index in [1.807, 2.05) is 66.7 Å². The molecule has 3 rings (SSSR count). The smallest absolute Gasteiger partial charge is 0.407 e. The highest BCUT2D eigenvalue weighted by molar-refractivity contribution is 5.66. The lowest BCUT2D eigenvalue weighted by molar-refractivity contribution is 0.139. The van der Waals surface area contributed by atoms with Crippen LogP contribution in [0.15, 0.2) is 66.7 Å². The van der Waals surface area contributed by atoms with Gasteiger partial charge < -0.3 is 14.6 Å². The third-order valence-corrected chi connectivity index (χ3v) is 4.64. The van der Waals surface area contributed by atoms with Gasteiger partial charge in [0, 0.05) is 6.42 Å². The van der Waals surface area contributed by atoms with Crippen LogP contribution in [-0.2, 0) is 6.42 Å². The molecule has 1 saturated heterocycles. The van der Waals surface area contributed by atoms with Crippen molar-refractivity contribution in [3.8, 4) is 11.5 Å². The Morgan fingerprint density at radius 2 is 1.93 bits per heavy atom. The molecule has 1 aliphatic heterocycles. The maximum atomic E-state index is 11.6. The van der Waals surface area contributed by atoms with Gasteiger partial charge in [0.25, 0.3) is 0 Å². The number of hydrogen-bond donors (Lipinski definition) is 1. The SMILES string of the molecule is CCc1ccccc1OCC=C[C@@H]1C[C@H](Oc2ccccc2)CN1C(=O)O. The van der Waals surface area contributed by atoms with Crippen LogP contribution < -0.4 is 9.47 Å². The van der Waals surface area contributed by atoms with Crippen LogP contribution >= 0.6 is 0 Å². The Labute approximate surface area is 159 Å². The molecule has 0 saturated carbocycles. The maximum Gasteiger partial charge on any atom is 0.407 e. The largest absolute Gasteiger partial charge is 0.489 e. The Morgan fingerprint density at radius 1 is 1.19 bits per heavy atom. The van der Waals surface area contributed by atoms with Crippen LogP contribution in [0.1, 0.15) is 18.9 Å². The highest BCUT2D eigenvalue weighted by Crippen LogP contribution is 2.24. The molecule has 1 fully saturated rings. The number of carbonyl (C=O) groups is 1. The predicted molar refractivity (Wildman–Crippen MR) is 104 cm³/mol. The van der Waals surface area contributed by atoms with Crippen molar-refractivity contribution in [3.05, 3.63) is 72.3 Å². The zero-order valence-electron chi connectivity index (χ0n) is 15.5. The summed E-state index contributed by atoms with van der Waals surface area (Å²) in [6, 6.07) is 17.2. The molecule has 0 aliphatic carbocycles. The number of para-hydroxylation sites is 2. The number of aryl methyl sites for hydroxylation is 1. The van der Waals surface area contributed by atoms with Crippen molar-refractivity contribution >= 4 is 6.09 Å².